The number of benzene rings is 2. The second-order valence-corrected chi connectivity index (χ2v) is 4.22. The highest BCUT2D eigenvalue weighted by atomic mass is 19.1. The van der Waals surface area contributed by atoms with Crippen LogP contribution in [-0.4, -0.2) is 13.7 Å². The Morgan fingerprint density at radius 3 is 2.79 bits per heavy atom. The van der Waals surface area contributed by atoms with Gasteiger partial charge in [0.1, 0.15) is 11.6 Å². The van der Waals surface area contributed by atoms with Gasteiger partial charge >= 0.3 is 0 Å². The summed E-state index contributed by atoms with van der Waals surface area (Å²) in [5, 5.41) is 3.13. The molecule has 0 spiro atoms. The standard InChI is InChI=1S/C15H17FN2O/c1-19-15-5-3-2-4-11(15)8-9-18-14-10-12(16)6-7-13(14)17/h2-7,10,18H,8-9,17H2,1H3. The van der Waals surface area contributed by atoms with E-state index in [1.165, 1.54) is 12.1 Å². The lowest BCUT2D eigenvalue weighted by molar-refractivity contribution is 0.410. The summed E-state index contributed by atoms with van der Waals surface area (Å²) >= 11 is 0. The van der Waals surface area contributed by atoms with Crippen molar-refractivity contribution in [2.24, 2.45) is 0 Å². The van der Waals surface area contributed by atoms with Crippen molar-refractivity contribution in [3.8, 4) is 5.75 Å². The quantitative estimate of drug-likeness (QED) is 0.812. The summed E-state index contributed by atoms with van der Waals surface area (Å²) in [6, 6.07) is 12.1. The number of anilines is 2. The van der Waals surface area contributed by atoms with Gasteiger partial charge < -0.3 is 15.8 Å². The van der Waals surface area contributed by atoms with Gasteiger partial charge in [0.05, 0.1) is 18.5 Å². The molecule has 2 aromatic rings. The lowest BCUT2D eigenvalue weighted by atomic mass is 10.1. The number of methoxy groups -OCH3 is 1. The fourth-order valence-corrected chi connectivity index (χ4v) is 1.92. The van der Waals surface area contributed by atoms with Crippen LogP contribution in [-0.2, 0) is 6.42 Å². The predicted octanol–water partition coefficient (Wildman–Crippen LogP) is 3.07. The molecule has 0 radical (unpaired) electrons. The normalized spacial score (nSPS) is 10.2. The van der Waals surface area contributed by atoms with E-state index in [2.05, 4.69) is 5.32 Å². The van der Waals surface area contributed by atoms with Crippen molar-refractivity contribution < 1.29 is 9.13 Å². The van der Waals surface area contributed by atoms with Crippen LogP contribution >= 0.6 is 0 Å². The monoisotopic (exact) mass is 260 g/mol. The first-order chi connectivity index (χ1) is 9.20. The zero-order valence-corrected chi connectivity index (χ0v) is 10.8. The van der Waals surface area contributed by atoms with E-state index in [0.29, 0.717) is 17.9 Å². The molecular weight excluding hydrogens is 243 g/mol. The molecule has 0 aromatic heterocycles. The molecule has 0 unspecified atom stereocenters. The molecule has 2 rings (SSSR count). The van der Waals surface area contributed by atoms with Crippen LogP contribution in [0.1, 0.15) is 5.56 Å². The highest BCUT2D eigenvalue weighted by Crippen LogP contribution is 2.21. The van der Waals surface area contributed by atoms with E-state index in [0.717, 1.165) is 17.7 Å². The van der Waals surface area contributed by atoms with Crippen molar-refractivity contribution in [1.29, 1.82) is 0 Å². The lowest BCUT2D eigenvalue weighted by Crippen LogP contribution is -2.08. The van der Waals surface area contributed by atoms with Gasteiger partial charge in [0, 0.05) is 6.54 Å². The van der Waals surface area contributed by atoms with Crippen molar-refractivity contribution in [1.82, 2.24) is 0 Å². The van der Waals surface area contributed by atoms with Gasteiger partial charge in [-0.05, 0) is 36.2 Å². The Kier molecular flexibility index (Phi) is 4.23. The van der Waals surface area contributed by atoms with Crippen LogP contribution in [0.3, 0.4) is 0 Å². The minimum absolute atomic E-state index is 0.297. The van der Waals surface area contributed by atoms with E-state index in [4.69, 9.17) is 10.5 Å². The maximum absolute atomic E-state index is 13.1. The number of nitrogens with one attached hydrogen (secondary N) is 1. The van der Waals surface area contributed by atoms with E-state index in [1.54, 1.807) is 13.2 Å². The topological polar surface area (TPSA) is 47.3 Å². The van der Waals surface area contributed by atoms with Gasteiger partial charge in [0.25, 0.3) is 0 Å². The summed E-state index contributed by atoms with van der Waals surface area (Å²) in [7, 11) is 1.65. The minimum Gasteiger partial charge on any atom is -0.496 e. The molecule has 19 heavy (non-hydrogen) atoms. The van der Waals surface area contributed by atoms with Crippen molar-refractivity contribution >= 4 is 11.4 Å². The van der Waals surface area contributed by atoms with Crippen molar-refractivity contribution in [3.63, 3.8) is 0 Å². The first-order valence-electron chi connectivity index (χ1n) is 6.11. The number of para-hydroxylation sites is 1. The molecule has 2 aromatic carbocycles. The zero-order valence-electron chi connectivity index (χ0n) is 10.8. The van der Waals surface area contributed by atoms with Crippen molar-refractivity contribution in [2.75, 3.05) is 24.7 Å². The number of hydrogen-bond acceptors (Lipinski definition) is 3. The van der Waals surface area contributed by atoms with Crippen LogP contribution in [0.4, 0.5) is 15.8 Å². The fraction of sp³-hybridized carbons (Fsp3) is 0.200. The zero-order chi connectivity index (χ0) is 13.7. The summed E-state index contributed by atoms with van der Waals surface area (Å²) < 4.78 is 18.4. The first kappa shape index (κ1) is 13.2. The molecule has 0 fully saturated rings. The van der Waals surface area contributed by atoms with Crippen LogP contribution in [0.15, 0.2) is 42.5 Å². The number of ether oxygens (including phenoxy) is 1. The van der Waals surface area contributed by atoms with Gasteiger partial charge in [-0.2, -0.15) is 0 Å². The molecule has 0 bridgehead atoms. The summed E-state index contributed by atoms with van der Waals surface area (Å²) in [6.07, 6.45) is 0.778. The van der Waals surface area contributed by atoms with E-state index in [-0.39, 0.29) is 5.82 Å². The van der Waals surface area contributed by atoms with Gasteiger partial charge in [0.2, 0.25) is 0 Å². The molecule has 0 atom stereocenters. The summed E-state index contributed by atoms with van der Waals surface area (Å²) in [5.41, 5.74) is 8.04. The number of nitrogen functional groups attached to an aromatic ring is 1. The number of rotatable bonds is 5. The van der Waals surface area contributed by atoms with Crippen molar-refractivity contribution in [2.45, 2.75) is 6.42 Å². The van der Waals surface area contributed by atoms with Crippen LogP contribution in [0.5, 0.6) is 5.75 Å². The second-order valence-electron chi connectivity index (χ2n) is 4.22. The average molecular weight is 260 g/mol. The van der Waals surface area contributed by atoms with Crippen LogP contribution in [0.2, 0.25) is 0 Å². The van der Waals surface area contributed by atoms with Gasteiger partial charge in [-0.25, -0.2) is 4.39 Å². The Morgan fingerprint density at radius 1 is 1.21 bits per heavy atom. The SMILES string of the molecule is COc1ccccc1CCNc1cc(F)ccc1N. The molecule has 3 N–H and O–H groups in total. The summed E-state index contributed by atoms with van der Waals surface area (Å²) in [6.45, 7) is 0.661. The maximum Gasteiger partial charge on any atom is 0.125 e. The first-order valence-corrected chi connectivity index (χ1v) is 6.11. The van der Waals surface area contributed by atoms with Gasteiger partial charge in [0.15, 0.2) is 0 Å². The van der Waals surface area contributed by atoms with Gasteiger partial charge in [-0.3, -0.25) is 0 Å². The summed E-state index contributed by atoms with van der Waals surface area (Å²) in [5.74, 6) is 0.561. The molecule has 0 saturated carbocycles. The molecule has 0 amide bonds. The Morgan fingerprint density at radius 2 is 2.00 bits per heavy atom. The van der Waals surface area contributed by atoms with Crippen LogP contribution in [0.25, 0.3) is 0 Å². The Hall–Kier alpha value is -2.23. The summed E-state index contributed by atoms with van der Waals surface area (Å²) in [4.78, 5) is 0. The molecule has 4 heteroatoms. The molecular formula is C15H17FN2O. The van der Waals surface area contributed by atoms with Crippen LogP contribution in [0, 0.1) is 5.82 Å². The van der Waals surface area contributed by atoms with E-state index in [9.17, 15) is 4.39 Å². The lowest BCUT2D eigenvalue weighted by Gasteiger charge is -2.11. The number of hydrogen-bond donors (Lipinski definition) is 2. The van der Waals surface area contributed by atoms with Crippen LogP contribution < -0.4 is 15.8 Å². The minimum atomic E-state index is -0.297. The molecule has 0 aliphatic carbocycles. The molecule has 0 saturated heterocycles. The van der Waals surface area contributed by atoms with Gasteiger partial charge in [-0.1, -0.05) is 18.2 Å². The maximum atomic E-state index is 13.1. The second kappa shape index (κ2) is 6.09. The highest BCUT2D eigenvalue weighted by Gasteiger charge is 2.03. The third kappa shape index (κ3) is 3.37. The fourth-order valence-electron chi connectivity index (χ4n) is 1.92. The largest absolute Gasteiger partial charge is 0.496 e. The van der Waals surface area contributed by atoms with E-state index in [1.807, 2.05) is 24.3 Å². The molecule has 0 aliphatic rings. The average Bonchev–Trinajstić information content (AvgIpc) is 2.43. The molecule has 100 valence electrons. The number of nitrogens with two attached hydrogens (primary N) is 1. The third-order valence-corrected chi connectivity index (χ3v) is 2.92. The highest BCUT2D eigenvalue weighted by molar-refractivity contribution is 5.65. The smallest absolute Gasteiger partial charge is 0.125 e. The Balaban J connectivity index is 1.98. The molecule has 3 nitrogen and oxygen atoms in total. The Bertz CT molecular complexity index is 558. The molecule has 0 heterocycles. The third-order valence-electron chi connectivity index (χ3n) is 2.92. The van der Waals surface area contributed by atoms with E-state index >= 15 is 0 Å². The van der Waals surface area contributed by atoms with Crippen molar-refractivity contribution in [3.05, 3.63) is 53.8 Å². The Labute approximate surface area is 112 Å². The molecule has 0 aliphatic heterocycles. The van der Waals surface area contributed by atoms with Gasteiger partial charge in [-0.15, -0.1) is 0 Å². The number of halogens is 1. The predicted molar refractivity (Wildman–Crippen MR) is 76.0 cm³/mol. The van der Waals surface area contributed by atoms with E-state index < -0.39 is 0 Å².